The van der Waals surface area contributed by atoms with E-state index in [0.29, 0.717) is 18.0 Å². The number of methoxy groups -OCH3 is 1. The van der Waals surface area contributed by atoms with Gasteiger partial charge in [-0.1, -0.05) is 18.2 Å². The van der Waals surface area contributed by atoms with Crippen LogP contribution in [0, 0.1) is 0 Å². The van der Waals surface area contributed by atoms with E-state index in [0.717, 1.165) is 16.7 Å². The fourth-order valence-corrected chi connectivity index (χ4v) is 2.32. The molecule has 0 aliphatic rings. The summed E-state index contributed by atoms with van der Waals surface area (Å²) in [6.07, 6.45) is 1.72. The van der Waals surface area contributed by atoms with Crippen molar-refractivity contribution in [1.29, 1.82) is 0 Å². The van der Waals surface area contributed by atoms with Gasteiger partial charge in [-0.25, -0.2) is 0 Å². The minimum Gasteiger partial charge on any atom is -0.496 e. The van der Waals surface area contributed by atoms with E-state index in [-0.39, 0.29) is 5.28 Å². The van der Waals surface area contributed by atoms with Gasteiger partial charge in [0.15, 0.2) is 5.65 Å². The first kappa shape index (κ1) is 13.6. The highest BCUT2D eigenvalue weighted by molar-refractivity contribution is 6.28. The Hall–Kier alpha value is -2.34. The Kier molecular flexibility index (Phi) is 3.62. The first-order valence-electron chi connectivity index (χ1n) is 6.40. The standard InChI is InChI=1S/C14H14ClN5O/c1-20-13-10(8-17-20)12(18-14(15)19-13)16-7-9-5-3-4-6-11(9)21-2/h3-6,8H,7H2,1-2H3,(H,16,18,19). The molecule has 0 radical (unpaired) electrons. The van der Waals surface area contributed by atoms with Gasteiger partial charge >= 0.3 is 0 Å². The molecule has 6 nitrogen and oxygen atoms in total. The van der Waals surface area contributed by atoms with Gasteiger partial charge in [0.1, 0.15) is 11.6 Å². The van der Waals surface area contributed by atoms with Crippen LogP contribution in [-0.4, -0.2) is 26.9 Å². The van der Waals surface area contributed by atoms with Crippen LogP contribution in [0.15, 0.2) is 30.5 Å². The number of benzene rings is 1. The number of hydrogen-bond acceptors (Lipinski definition) is 5. The number of ether oxygens (including phenoxy) is 1. The Morgan fingerprint density at radius 2 is 2.10 bits per heavy atom. The van der Waals surface area contributed by atoms with Crippen LogP contribution >= 0.6 is 11.6 Å². The average Bonchev–Trinajstić information content (AvgIpc) is 2.86. The molecule has 7 heteroatoms. The molecule has 0 unspecified atom stereocenters. The number of fused-ring (bicyclic) bond motifs is 1. The lowest BCUT2D eigenvalue weighted by molar-refractivity contribution is 0.410. The molecule has 0 amide bonds. The lowest BCUT2D eigenvalue weighted by atomic mass is 10.2. The molecule has 0 aliphatic heterocycles. The van der Waals surface area contributed by atoms with Crippen molar-refractivity contribution in [1.82, 2.24) is 19.7 Å². The summed E-state index contributed by atoms with van der Waals surface area (Å²) < 4.78 is 7.00. The maximum atomic E-state index is 5.96. The van der Waals surface area contributed by atoms with E-state index >= 15 is 0 Å². The molecule has 108 valence electrons. The predicted molar refractivity (Wildman–Crippen MR) is 81.6 cm³/mol. The van der Waals surface area contributed by atoms with Crippen LogP contribution in [0.25, 0.3) is 11.0 Å². The minimum absolute atomic E-state index is 0.189. The highest BCUT2D eigenvalue weighted by Gasteiger charge is 2.11. The van der Waals surface area contributed by atoms with Crippen molar-refractivity contribution >= 4 is 28.5 Å². The van der Waals surface area contributed by atoms with Crippen LogP contribution in [0.3, 0.4) is 0 Å². The first-order chi connectivity index (χ1) is 10.2. The summed E-state index contributed by atoms with van der Waals surface area (Å²) in [5.41, 5.74) is 1.73. The molecule has 3 aromatic rings. The lowest BCUT2D eigenvalue weighted by Crippen LogP contribution is -2.04. The molecule has 21 heavy (non-hydrogen) atoms. The smallest absolute Gasteiger partial charge is 0.226 e. The van der Waals surface area contributed by atoms with Crippen molar-refractivity contribution in [3.63, 3.8) is 0 Å². The number of para-hydroxylation sites is 1. The molecule has 0 bridgehead atoms. The van der Waals surface area contributed by atoms with Gasteiger partial charge in [0.05, 0.1) is 18.7 Å². The number of aryl methyl sites for hydroxylation is 1. The number of aromatic nitrogens is 4. The van der Waals surface area contributed by atoms with Crippen LogP contribution in [0.2, 0.25) is 5.28 Å². The molecule has 2 heterocycles. The number of anilines is 1. The zero-order valence-electron chi connectivity index (χ0n) is 11.7. The summed E-state index contributed by atoms with van der Waals surface area (Å²) in [4.78, 5) is 8.41. The highest BCUT2D eigenvalue weighted by atomic mass is 35.5. The van der Waals surface area contributed by atoms with Crippen molar-refractivity contribution < 1.29 is 4.74 Å². The molecular formula is C14H14ClN5O. The van der Waals surface area contributed by atoms with Crippen molar-refractivity contribution in [2.75, 3.05) is 12.4 Å². The summed E-state index contributed by atoms with van der Waals surface area (Å²) in [6, 6.07) is 7.81. The molecule has 0 fully saturated rings. The molecule has 0 atom stereocenters. The molecule has 0 aliphatic carbocycles. The Morgan fingerprint density at radius 1 is 1.29 bits per heavy atom. The second-order valence-electron chi connectivity index (χ2n) is 4.51. The summed E-state index contributed by atoms with van der Waals surface area (Å²) in [5, 5.41) is 8.46. The second kappa shape index (κ2) is 5.57. The number of nitrogens with one attached hydrogen (secondary N) is 1. The minimum atomic E-state index is 0.189. The van der Waals surface area contributed by atoms with Crippen molar-refractivity contribution in [2.24, 2.45) is 7.05 Å². The van der Waals surface area contributed by atoms with E-state index in [9.17, 15) is 0 Å². The zero-order valence-corrected chi connectivity index (χ0v) is 12.4. The monoisotopic (exact) mass is 303 g/mol. The molecule has 0 saturated carbocycles. The Bertz CT molecular complexity index is 786. The van der Waals surface area contributed by atoms with Gasteiger partial charge in [-0.05, 0) is 17.7 Å². The molecule has 2 aromatic heterocycles. The summed E-state index contributed by atoms with van der Waals surface area (Å²) >= 11 is 5.96. The fraction of sp³-hybridized carbons (Fsp3) is 0.214. The van der Waals surface area contributed by atoms with Gasteiger partial charge in [-0.15, -0.1) is 0 Å². The van der Waals surface area contributed by atoms with Crippen LogP contribution in [-0.2, 0) is 13.6 Å². The Balaban J connectivity index is 1.92. The predicted octanol–water partition coefficient (Wildman–Crippen LogP) is 2.64. The fourth-order valence-electron chi connectivity index (χ4n) is 2.16. The SMILES string of the molecule is COc1ccccc1CNc1nc(Cl)nc2c1cnn2C. The number of nitrogens with zero attached hydrogens (tertiary/aromatic N) is 4. The third kappa shape index (κ3) is 2.62. The summed E-state index contributed by atoms with van der Waals surface area (Å²) in [7, 11) is 3.47. The van der Waals surface area contributed by atoms with Crippen LogP contribution < -0.4 is 10.1 Å². The molecule has 1 N–H and O–H groups in total. The molecule has 1 aromatic carbocycles. The van der Waals surface area contributed by atoms with Crippen molar-refractivity contribution in [3.05, 3.63) is 41.3 Å². The Morgan fingerprint density at radius 3 is 2.90 bits per heavy atom. The second-order valence-corrected chi connectivity index (χ2v) is 4.85. The number of hydrogen-bond donors (Lipinski definition) is 1. The quantitative estimate of drug-likeness (QED) is 0.751. The van der Waals surface area contributed by atoms with Gasteiger partial charge in [0, 0.05) is 19.2 Å². The zero-order chi connectivity index (χ0) is 14.8. The van der Waals surface area contributed by atoms with Crippen LogP contribution in [0.1, 0.15) is 5.56 Å². The molecular weight excluding hydrogens is 290 g/mol. The molecule has 0 spiro atoms. The Labute approximate surface area is 126 Å². The summed E-state index contributed by atoms with van der Waals surface area (Å²) in [5.74, 6) is 1.48. The van der Waals surface area contributed by atoms with Gasteiger partial charge in [-0.2, -0.15) is 15.1 Å². The number of halogens is 1. The van der Waals surface area contributed by atoms with Gasteiger partial charge in [0.2, 0.25) is 5.28 Å². The largest absolute Gasteiger partial charge is 0.496 e. The van der Waals surface area contributed by atoms with Crippen molar-refractivity contribution in [3.8, 4) is 5.75 Å². The van der Waals surface area contributed by atoms with Crippen LogP contribution in [0.4, 0.5) is 5.82 Å². The average molecular weight is 304 g/mol. The van der Waals surface area contributed by atoms with E-state index in [1.54, 1.807) is 18.0 Å². The van der Waals surface area contributed by atoms with Gasteiger partial charge in [-0.3, -0.25) is 4.68 Å². The van der Waals surface area contributed by atoms with E-state index < -0.39 is 0 Å². The third-order valence-electron chi connectivity index (χ3n) is 3.20. The van der Waals surface area contributed by atoms with Crippen LogP contribution in [0.5, 0.6) is 5.75 Å². The normalized spacial score (nSPS) is 10.8. The van der Waals surface area contributed by atoms with E-state index in [1.165, 1.54) is 0 Å². The number of rotatable bonds is 4. The van der Waals surface area contributed by atoms with E-state index in [4.69, 9.17) is 16.3 Å². The lowest BCUT2D eigenvalue weighted by Gasteiger charge is -2.10. The third-order valence-corrected chi connectivity index (χ3v) is 3.37. The van der Waals surface area contributed by atoms with Gasteiger partial charge in [0.25, 0.3) is 0 Å². The highest BCUT2D eigenvalue weighted by Crippen LogP contribution is 2.23. The van der Waals surface area contributed by atoms with E-state index in [1.807, 2.05) is 31.3 Å². The maximum Gasteiger partial charge on any atom is 0.226 e. The topological polar surface area (TPSA) is 64.9 Å². The van der Waals surface area contributed by atoms with Gasteiger partial charge < -0.3 is 10.1 Å². The first-order valence-corrected chi connectivity index (χ1v) is 6.78. The van der Waals surface area contributed by atoms with Crippen molar-refractivity contribution in [2.45, 2.75) is 6.54 Å². The van der Waals surface area contributed by atoms with E-state index in [2.05, 4.69) is 20.4 Å². The maximum absolute atomic E-state index is 5.96. The summed E-state index contributed by atoms with van der Waals surface area (Å²) in [6.45, 7) is 0.571. The molecule has 0 saturated heterocycles. The molecule has 3 rings (SSSR count).